The zero-order chi connectivity index (χ0) is 9.14. The average molecular weight is 169 g/mol. The molecule has 0 unspecified atom stereocenters. The van der Waals surface area contributed by atoms with Gasteiger partial charge in [0.2, 0.25) is 0 Å². The second-order valence-corrected chi connectivity index (χ2v) is 2.50. The largest absolute Gasteiger partial charge is 0.507 e. The van der Waals surface area contributed by atoms with E-state index >= 15 is 0 Å². The quantitative estimate of drug-likeness (QED) is 0.369. The van der Waals surface area contributed by atoms with Gasteiger partial charge in [0, 0.05) is 16.8 Å². The van der Waals surface area contributed by atoms with Crippen LogP contribution in [0.4, 0.5) is 5.69 Å². The summed E-state index contributed by atoms with van der Waals surface area (Å²) in [6, 6.07) is 2.93. The SMILES string of the molecule is Nc1cc(CO)c(O)c(CO)c1. The standard InChI is InChI=1S/C8H11NO3/c9-7-1-5(3-10)8(12)6(2-7)4-11/h1-2,10-12H,3-4,9H2. The Labute approximate surface area is 69.9 Å². The molecule has 4 nitrogen and oxygen atoms in total. The van der Waals surface area contributed by atoms with Crippen molar-refractivity contribution in [1.82, 2.24) is 0 Å². The fourth-order valence-electron chi connectivity index (χ4n) is 1.03. The van der Waals surface area contributed by atoms with Crippen LogP contribution in [0.25, 0.3) is 0 Å². The van der Waals surface area contributed by atoms with Crippen LogP contribution in [0.5, 0.6) is 5.75 Å². The van der Waals surface area contributed by atoms with Gasteiger partial charge in [-0.3, -0.25) is 0 Å². The maximum atomic E-state index is 9.34. The number of aliphatic hydroxyl groups is 2. The monoisotopic (exact) mass is 169 g/mol. The third-order valence-corrected chi connectivity index (χ3v) is 1.63. The lowest BCUT2D eigenvalue weighted by atomic mass is 10.1. The molecule has 1 aromatic rings. The van der Waals surface area contributed by atoms with Gasteiger partial charge < -0.3 is 21.1 Å². The smallest absolute Gasteiger partial charge is 0.126 e. The molecule has 1 aromatic carbocycles. The molecular weight excluding hydrogens is 158 g/mol. The fourth-order valence-corrected chi connectivity index (χ4v) is 1.03. The number of hydrogen-bond donors (Lipinski definition) is 4. The van der Waals surface area contributed by atoms with E-state index in [-0.39, 0.29) is 19.0 Å². The van der Waals surface area contributed by atoms with Crippen LogP contribution in [0, 0.1) is 0 Å². The minimum absolute atomic E-state index is 0.0887. The summed E-state index contributed by atoms with van der Waals surface area (Å²) in [7, 11) is 0. The fraction of sp³-hybridized carbons (Fsp3) is 0.250. The van der Waals surface area contributed by atoms with E-state index in [4.69, 9.17) is 15.9 Å². The van der Waals surface area contributed by atoms with Crippen LogP contribution in [-0.4, -0.2) is 15.3 Å². The van der Waals surface area contributed by atoms with Crippen molar-refractivity contribution in [3.63, 3.8) is 0 Å². The number of aliphatic hydroxyl groups excluding tert-OH is 2. The summed E-state index contributed by atoms with van der Waals surface area (Å²) in [4.78, 5) is 0. The van der Waals surface area contributed by atoms with Crippen molar-refractivity contribution in [2.45, 2.75) is 13.2 Å². The summed E-state index contributed by atoms with van der Waals surface area (Å²) in [6.45, 7) is -0.576. The summed E-state index contributed by atoms with van der Waals surface area (Å²) in [6.07, 6.45) is 0. The highest BCUT2D eigenvalue weighted by molar-refractivity contribution is 5.52. The predicted octanol–water partition coefficient (Wildman–Crippen LogP) is -0.0410. The highest BCUT2D eigenvalue weighted by Gasteiger charge is 2.06. The Balaban J connectivity index is 3.22. The first-order chi connectivity index (χ1) is 5.69. The third kappa shape index (κ3) is 1.49. The van der Waals surface area contributed by atoms with E-state index in [0.29, 0.717) is 16.8 Å². The van der Waals surface area contributed by atoms with E-state index in [1.165, 1.54) is 12.1 Å². The number of aromatic hydroxyl groups is 1. The summed E-state index contributed by atoms with van der Waals surface area (Å²) in [5.74, 6) is -0.0887. The minimum atomic E-state index is -0.288. The van der Waals surface area contributed by atoms with Gasteiger partial charge in [0.25, 0.3) is 0 Å². The van der Waals surface area contributed by atoms with Crippen molar-refractivity contribution in [3.05, 3.63) is 23.3 Å². The van der Waals surface area contributed by atoms with Gasteiger partial charge in [-0.05, 0) is 12.1 Å². The van der Waals surface area contributed by atoms with E-state index < -0.39 is 0 Å². The normalized spacial score (nSPS) is 10.2. The van der Waals surface area contributed by atoms with Crippen LogP contribution in [0.2, 0.25) is 0 Å². The Morgan fingerprint density at radius 3 is 1.83 bits per heavy atom. The Morgan fingerprint density at radius 2 is 1.50 bits per heavy atom. The second-order valence-electron chi connectivity index (χ2n) is 2.50. The van der Waals surface area contributed by atoms with Gasteiger partial charge in [0.05, 0.1) is 13.2 Å². The maximum Gasteiger partial charge on any atom is 0.126 e. The number of phenols is 1. The topological polar surface area (TPSA) is 86.7 Å². The predicted molar refractivity (Wildman–Crippen MR) is 44.4 cm³/mol. The highest BCUT2D eigenvalue weighted by atomic mass is 16.3. The van der Waals surface area contributed by atoms with Crippen molar-refractivity contribution in [1.29, 1.82) is 0 Å². The molecule has 4 heteroatoms. The molecule has 0 bridgehead atoms. The summed E-state index contributed by atoms with van der Waals surface area (Å²) < 4.78 is 0. The van der Waals surface area contributed by atoms with Gasteiger partial charge in [-0.2, -0.15) is 0 Å². The molecule has 0 radical (unpaired) electrons. The van der Waals surface area contributed by atoms with Crippen molar-refractivity contribution >= 4 is 5.69 Å². The first-order valence-electron chi connectivity index (χ1n) is 3.51. The Bertz CT molecular complexity index is 261. The average Bonchev–Trinajstić information content (AvgIpc) is 2.08. The van der Waals surface area contributed by atoms with Gasteiger partial charge in [-0.15, -0.1) is 0 Å². The Hall–Kier alpha value is -1.26. The van der Waals surface area contributed by atoms with E-state index in [1.54, 1.807) is 0 Å². The highest BCUT2D eigenvalue weighted by Crippen LogP contribution is 2.25. The van der Waals surface area contributed by atoms with Gasteiger partial charge >= 0.3 is 0 Å². The van der Waals surface area contributed by atoms with Crippen molar-refractivity contribution < 1.29 is 15.3 Å². The number of nitrogen functional groups attached to an aromatic ring is 1. The first kappa shape index (κ1) is 8.83. The van der Waals surface area contributed by atoms with Crippen LogP contribution < -0.4 is 5.73 Å². The molecular formula is C8H11NO3. The van der Waals surface area contributed by atoms with Crippen molar-refractivity contribution in [3.8, 4) is 5.75 Å². The van der Waals surface area contributed by atoms with E-state index in [1.807, 2.05) is 0 Å². The number of nitrogens with two attached hydrogens (primary N) is 1. The second kappa shape index (κ2) is 3.42. The molecule has 0 heterocycles. The van der Waals surface area contributed by atoms with Crippen molar-refractivity contribution in [2.24, 2.45) is 0 Å². The lowest BCUT2D eigenvalue weighted by Crippen LogP contribution is -1.95. The molecule has 0 spiro atoms. The molecule has 0 amide bonds. The molecule has 66 valence electrons. The molecule has 0 aromatic heterocycles. The third-order valence-electron chi connectivity index (χ3n) is 1.63. The molecule has 0 aliphatic carbocycles. The van der Waals surface area contributed by atoms with Gasteiger partial charge in [0.1, 0.15) is 5.75 Å². The molecule has 0 aliphatic heterocycles. The zero-order valence-corrected chi connectivity index (χ0v) is 6.49. The number of benzene rings is 1. The van der Waals surface area contributed by atoms with E-state index in [2.05, 4.69) is 0 Å². The summed E-state index contributed by atoms with van der Waals surface area (Å²) >= 11 is 0. The molecule has 0 aliphatic rings. The molecule has 0 saturated heterocycles. The van der Waals surface area contributed by atoms with Gasteiger partial charge in [0.15, 0.2) is 0 Å². The van der Waals surface area contributed by atoms with Crippen LogP contribution in [0.3, 0.4) is 0 Å². The molecule has 0 saturated carbocycles. The molecule has 12 heavy (non-hydrogen) atoms. The Kier molecular flexibility index (Phi) is 2.52. The molecule has 5 N–H and O–H groups in total. The molecule has 1 rings (SSSR count). The molecule has 0 atom stereocenters. The number of rotatable bonds is 2. The first-order valence-corrected chi connectivity index (χ1v) is 3.51. The van der Waals surface area contributed by atoms with Crippen LogP contribution in [0.1, 0.15) is 11.1 Å². The number of hydrogen-bond acceptors (Lipinski definition) is 4. The maximum absolute atomic E-state index is 9.34. The van der Waals surface area contributed by atoms with Crippen LogP contribution in [-0.2, 0) is 13.2 Å². The molecule has 0 fully saturated rings. The van der Waals surface area contributed by atoms with Crippen molar-refractivity contribution in [2.75, 3.05) is 5.73 Å². The van der Waals surface area contributed by atoms with E-state index in [0.717, 1.165) is 0 Å². The lowest BCUT2D eigenvalue weighted by molar-refractivity contribution is 0.264. The van der Waals surface area contributed by atoms with Gasteiger partial charge in [-0.25, -0.2) is 0 Å². The summed E-state index contributed by atoms with van der Waals surface area (Å²) in [5.41, 5.74) is 6.53. The van der Waals surface area contributed by atoms with Gasteiger partial charge in [-0.1, -0.05) is 0 Å². The van der Waals surface area contributed by atoms with Crippen LogP contribution >= 0.6 is 0 Å². The minimum Gasteiger partial charge on any atom is -0.507 e. The Morgan fingerprint density at radius 1 is 1.08 bits per heavy atom. The van der Waals surface area contributed by atoms with Crippen LogP contribution in [0.15, 0.2) is 12.1 Å². The van der Waals surface area contributed by atoms with E-state index in [9.17, 15) is 5.11 Å². The lowest BCUT2D eigenvalue weighted by Gasteiger charge is -2.07. The number of anilines is 1. The summed E-state index contributed by atoms with van der Waals surface area (Å²) in [5, 5.41) is 26.9. The zero-order valence-electron chi connectivity index (χ0n) is 6.49.